The predicted molar refractivity (Wildman–Crippen MR) is 57.1 cm³/mol. The van der Waals surface area contributed by atoms with Gasteiger partial charge in [0.1, 0.15) is 5.82 Å². The zero-order chi connectivity index (χ0) is 12.8. The summed E-state index contributed by atoms with van der Waals surface area (Å²) in [7, 11) is 1.77. The minimum Gasteiger partial charge on any atom is -0.480 e. The van der Waals surface area contributed by atoms with Crippen molar-refractivity contribution in [1.82, 2.24) is 20.2 Å². The van der Waals surface area contributed by atoms with Crippen LogP contribution in [0.15, 0.2) is 12.4 Å². The fourth-order valence-electron chi connectivity index (χ4n) is 1.12. The van der Waals surface area contributed by atoms with E-state index in [9.17, 15) is 9.59 Å². The van der Waals surface area contributed by atoms with Crippen molar-refractivity contribution in [1.29, 1.82) is 0 Å². The monoisotopic (exact) mass is 242 g/mol. The van der Waals surface area contributed by atoms with Crippen molar-refractivity contribution >= 4 is 12.0 Å². The molecule has 0 saturated carbocycles. The number of aliphatic carboxylic acids is 1. The minimum atomic E-state index is -1.31. The van der Waals surface area contributed by atoms with Crippen LogP contribution in [0.4, 0.5) is 4.79 Å². The molecule has 0 fully saturated rings. The second-order valence-corrected chi connectivity index (χ2v) is 3.35. The smallest absolute Gasteiger partial charge is 0.328 e. The Morgan fingerprint density at radius 2 is 2.29 bits per heavy atom. The molecule has 1 atom stereocenters. The second-order valence-electron chi connectivity index (χ2n) is 3.35. The highest BCUT2D eigenvalue weighted by molar-refractivity contribution is 5.82. The van der Waals surface area contributed by atoms with Gasteiger partial charge in [-0.15, -0.1) is 0 Å². The first-order valence-corrected chi connectivity index (χ1v) is 4.88. The van der Waals surface area contributed by atoms with Gasteiger partial charge >= 0.3 is 12.0 Å². The van der Waals surface area contributed by atoms with Gasteiger partial charge in [-0.1, -0.05) is 0 Å². The van der Waals surface area contributed by atoms with Crippen LogP contribution in [0, 0.1) is 0 Å². The summed E-state index contributed by atoms with van der Waals surface area (Å²) in [5.41, 5.74) is 0. The minimum absolute atomic E-state index is 0.174. The van der Waals surface area contributed by atoms with Crippen LogP contribution < -0.4 is 10.6 Å². The van der Waals surface area contributed by atoms with Gasteiger partial charge in [0.2, 0.25) is 0 Å². The Hall–Kier alpha value is -2.09. The number of nitrogens with zero attached hydrogens (tertiary/aromatic N) is 2. The number of carbonyl (C=O) groups is 2. The zero-order valence-electron chi connectivity index (χ0n) is 9.25. The third kappa shape index (κ3) is 3.76. The topological polar surface area (TPSA) is 116 Å². The molecule has 8 nitrogen and oxygen atoms in total. The molecule has 1 rings (SSSR count). The van der Waals surface area contributed by atoms with Crippen molar-refractivity contribution in [3.8, 4) is 0 Å². The van der Waals surface area contributed by atoms with Crippen molar-refractivity contribution in [2.45, 2.75) is 12.6 Å². The third-order valence-electron chi connectivity index (χ3n) is 2.11. The van der Waals surface area contributed by atoms with Crippen molar-refractivity contribution in [2.24, 2.45) is 7.05 Å². The largest absolute Gasteiger partial charge is 0.480 e. The van der Waals surface area contributed by atoms with Crippen LogP contribution in [-0.2, 0) is 18.4 Å². The van der Waals surface area contributed by atoms with Gasteiger partial charge in [0.05, 0.1) is 13.2 Å². The molecular formula is C9H14N4O4. The lowest BCUT2D eigenvalue weighted by atomic mass is 10.3. The van der Waals surface area contributed by atoms with Crippen molar-refractivity contribution in [2.75, 3.05) is 6.61 Å². The molecule has 4 N–H and O–H groups in total. The van der Waals surface area contributed by atoms with E-state index in [4.69, 9.17) is 10.2 Å². The lowest BCUT2D eigenvalue weighted by Crippen LogP contribution is -2.47. The van der Waals surface area contributed by atoms with Gasteiger partial charge in [-0.3, -0.25) is 0 Å². The maximum absolute atomic E-state index is 11.3. The number of nitrogens with one attached hydrogen (secondary N) is 2. The molecule has 0 spiro atoms. The number of urea groups is 1. The Morgan fingerprint density at radius 1 is 1.59 bits per heavy atom. The van der Waals surface area contributed by atoms with Gasteiger partial charge in [0.15, 0.2) is 6.04 Å². The fourth-order valence-corrected chi connectivity index (χ4v) is 1.12. The second kappa shape index (κ2) is 5.85. The van der Waals surface area contributed by atoms with Crippen LogP contribution >= 0.6 is 0 Å². The highest BCUT2D eigenvalue weighted by atomic mass is 16.4. The summed E-state index contributed by atoms with van der Waals surface area (Å²) in [5, 5.41) is 21.9. The molecule has 8 heteroatoms. The number of imidazole rings is 1. The molecule has 2 amide bonds. The molecule has 1 unspecified atom stereocenters. The van der Waals surface area contributed by atoms with E-state index in [0.29, 0.717) is 5.82 Å². The third-order valence-corrected chi connectivity index (χ3v) is 2.11. The van der Waals surface area contributed by atoms with Crippen molar-refractivity contribution in [3.63, 3.8) is 0 Å². The summed E-state index contributed by atoms with van der Waals surface area (Å²) in [6, 6.07) is -1.98. The van der Waals surface area contributed by atoms with E-state index >= 15 is 0 Å². The average Bonchev–Trinajstić information content (AvgIpc) is 2.68. The molecule has 0 radical (unpaired) electrons. The molecular weight excluding hydrogens is 228 g/mol. The van der Waals surface area contributed by atoms with Crippen LogP contribution in [0.25, 0.3) is 0 Å². The van der Waals surface area contributed by atoms with Gasteiger partial charge in [-0.2, -0.15) is 0 Å². The van der Waals surface area contributed by atoms with Crippen LogP contribution in [0.2, 0.25) is 0 Å². The number of amides is 2. The van der Waals surface area contributed by atoms with E-state index in [2.05, 4.69) is 15.6 Å². The number of aryl methyl sites for hydroxylation is 1. The molecule has 17 heavy (non-hydrogen) atoms. The Labute approximate surface area is 97.3 Å². The molecule has 1 aromatic rings. The summed E-state index contributed by atoms with van der Waals surface area (Å²) >= 11 is 0. The number of aliphatic hydroxyl groups is 1. The number of rotatable bonds is 5. The number of hydrogen-bond acceptors (Lipinski definition) is 4. The fraction of sp³-hybridized carbons (Fsp3) is 0.444. The molecule has 0 saturated heterocycles. The Bertz CT molecular complexity index is 403. The Balaban J connectivity index is 2.40. The number of aromatic nitrogens is 2. The molecule has 0 aliphatic heterocycles. The summed E-state index contributed by atoms with van der Waals surface area (Å²) in [5.74, 6) is -0.657. The zero-order valence-corrected chi connectivity index (χ0v) is 9.25. The Kier molecular flexibility index (Phi) is 4.46. The quantitative estimate of drug-likeness (QED) is 0.510. The van der Waals surface area contributed by atoms with Crippen LogP contribution in [-0.4, -0.2) is 44.4 Å². The highest BCUT2D eigenvalue weighted by Crippen LogP contribution is 1.92. The van der Waals surface area contributed by atoms with Crippen molar-refractivity contribution < 1.29 is 19.8 Å². The first-order chi connectivity index (χ1) is 8.04. The van der Waals surface area contributed by atoms with Gasteiger partial charge in [0, 0.05) is 19.4 Å². The van der Waals surface area contributed by atoms with E-state index in [1.807, 2.05) is 0 Å². The number of aliphatic hydroxyl groups excluding tert-OH is 1. The maximum Gasteiger partial charge on any atom is 0.328 e. The van der Waals surface area contributed by atoms with E-state index < -0.39 is 24.6 Å². The lowest BCUT2D eigenvalue weighted by molar-refractivity contribution is -0.140. The molecule has 0 aliphatic rings. The van der Waals surface area contributed by atoms with Crippen LogP contribution in [0.1, 0.15) is 5.82 Å². The van der Waals surface area contributed by atoms with Gasteiger partial charge in [0.25, 0.3) is 0 Å². The lowest BCUT2D eigenvalue weighted by Gasteiger charge is -2.12. The molecule has 0 aliphatic carbocycles. The summed E-state index contributed by atoms with van der Waals surface area (Å²) in [6.45, 7) is -0.488. The number of carboxylic acid groups (broad SMARTS) is 1. The van der Waals surface area contributed by atoms with E-state index in [-0.39, 0.29) is 6.54 Å². The first-order valence-electron chi connectivity index (χ1n) is 4.88. The Morgan fingerprint density at radius 3 is 2.76 bits per heavy atom. The number of carbonyl (C=O) groups excluding carboxylic acids is 1. The van der Waals surface area contributed by atoms with Crippen molar-refractivity contribution in [3.05, 3.63) is 18.2 Å². The first kappa shape index (κ1) is 13.0. The predicted octanol–water partition coefficient (Wildman–Crippen LogP) is -1.34. The average molecular weight is 242 g/mol. The standard InChI is InChI=1S/C9H14N4O4/c1-13-3-2-10-7(13)4-11-9(17)12-6(5-14)8(15)16/h2-3,6,14H,4-5H2,1H3,(H,15,16)(H2,11,12,17). The maximum atomic E-state index is 11.3. The molecule has 0 aromatic carbocycles. The molecule has 1 heterocycles. The molecule has 94 valence electrons. The summed E-state index contributed by atoms with van der Waals surface area (Å²) < 4.78 is 1.72. The summed E-state index contributed by atoms with van der Waals surface area (Å²) in [6.07, 6.45) is 3.31. The number of carboxylic acids is 1. The van der Waals surface area contributed by atoms with Gasteiger partial charge < -0.3 is 25.4 Å². The van der Waals surface area contributed by atoms with Gasteiger partial charge in [-0.05, 0) is 0 Å². The van der Waals surface area contributed by atoms with E-state index in [1.165, 1.54) is 0 Å². The normalized spacial score (nSPS) is 11.9. The highest BCUT2D eigenvalue weighted by Gasteiger charge is 2.18. The van der Waals surface area contributed by atoms with Crippen LogP contribution in [0.3, 0.4) is 0 Å². The SMILES string of the molecule is Cn1ccnc1CNC(=O)NC(CO)C(=O)O. The van der Waals surface area contributed by atoms with Crippen LogP contribution in [0.5, 0.6) is 0 Å². The number of hydrogen-bond donors (Lipinski definition) is 4. The van der Waals surface area contributed by atoms with E-state index in [1.54, 1.807) is 24.0 Å². The summed E-state index contributed by atoms with van der Waals surface area (Å²) in [4.78, 5) is 25.8. The van der Waals surface area contributed by atoms with E-state index in [0.717, 1.165) is 0 Å². The molecule has 0 bridgehead atoms. The molecule has 1 aromatic heterocycles. The van der Waals surface area contributed by atoms with Gasteiger partial charge in [-0.25, -0.2) is 14.6 Å².